The number of hydrogen-bond donors (Lipinski definition) is 1. The summed E-state index contributed by atoms with van der Waals surface area (Å²) in [6.07, 6.45) is 4.47. The van der Waals surface area contributed by atoms with Gasteiger partial charge in [-0.05, 0) is 12.8 Å². The first-order chi connectivity index (χ1) is 12.0. The Morgan fingerprint density at radius 2 is 1.96 bits per heavy atom. The van der Waals surface area contributed by atoms with E-state index in [2.05, 4.69) is 41.4 Å². The molecule has 0 radical (unpaired) electrons. The average molecular weight is 490 g/mol. The predicted molar refractivity (Wildman–Crippen MR) is 118 cm³/mol. The van der Waals surface area contributed by atoms with E-state index < -0.39 is 0 Å². The third-order valence-corrected chi connectivity index (χ3v) is 6.81. The lowest BCUT2D eigenvalue weighted by atomic mass is 9.82. The van der Waals surface area contributed by atoms with Crippen LogP contribution in [-0.4, -0.2) is 54.7 Å². The highest BCUT2D eigenvalue weighted by Gasteiger charge is 2.53. The molecule has 4 heterocycles. The second-order valence-electron chi connectivity index (χ2n) is 8.62. The molecular formula is C19H31IN4OS. The molecular weight excluding hydrogens is 459 g/mol. The number of nitrogens with zero attached hydrogens (tertiary/aromatic N) is 3. The third kappa shape index (κ3) is 3.90. The van der Waals surface area contributed by atoms with Crippen LogP contribution in [0.1, 0.15) is 44.3 Å². The molecule has 5 nitrogen and oxygen atoms in total. The lowest BCUT2D eigenvalue weighted by Gasteiger charge is -2.23. The van der Waals surface area contributed by atoms with E-state index in [0.717, 1.165) is 32.0 Å². The highest BCUT2D eigenvalue weighted by Crippen LogP contribution is 2.47. The molecule has 0 aliphatic carbocycles. The Morgan fingerprint density at radius 3 is 2.50 bits per heavy atom. The smallest absolute Gasteiger partial charge is 0.193 e. The number of halogens is 1. The van der Waals surface area contributed by atoms with E-state index in [-0.39, 0.29) is 29.4 Å². The fourth-order valence-corrected chi connectivity index (χ4v) is 5.54. The van der Waals surface area contributed by atoms with Gasteiger partial charge in [0, 0.05) is 55.7 Å². The Bertz CT molecular complexity index is 638. The van der Waals surface area contributed by atoms with Gasteiger partial charge < -0.3 is 15.0 Å². The lowest BCUT2D eigenvalue weighted by Crippen LogP contribution is -2.42. The first kappa shape index (κ1) is 20.3. The molecule has 0 spiro atoms. The Labute approximate surface area is 178 Å². The molecule has 0 aromatic carbocycles. The van der Waals surface area contributed by atoms with Crippen molar-refractivity contribution in [2.75, 3.05) is 26.7 Å². The molecule has 4 unspecified atom stereocenters. The fourth-order valence-electron chi connectivity index (χ4n) is 4.52. The Balaban J connectivity index is 0.00000196. The van der Waals surface area contributed by atoms with Crippen LogP contribution in [0, 0.1) is 11.8 Å². The summed E-state index contributed by atoms with van der Waals surface area (Å²) in [6, 6.07) is 0. The highest BCUT2D eigenvalue weighted by atomic mass is 127. The van der Waals surface area contributed by atoms with Gasteiger partial charge in [0.1, 0.15) is 0 Å². The average Bonchev–Trinajstić information content (AvgIpc) is 3.31. The van der Waals surface area contributed by atoms with Crippen LogP contribution < -0.4 is 5.32 Å². The van der Waals surface area contributed by atoms with Crippen LogP contribution in [0.25, 0.3) is 0 Å². The molecule has 4 rings (SSSR count). The van der Waals surface area contributed by atoms with Gasteiger partial charge in [-0.2, -0.15) is 0 Å². The number of nitrogens with one attached hydrogen (secondary N) is 1. The van der Waals surface area contributed by atoms with Crippen molar-refractivity contribution in [1.82, 2.24) is 15.2 Å². The molecule has 3 fully saturated rings. The largest absolute Gasteiger partial charge is 0.374 e. The number of ether oxygens (including phenoxy) is 1. The summed E-state index contributed by atoms with van der Waals surface area (Å²) in [7, 11) is 1.89. The zero-order valence-corrected chi connectivity index (χ0v) is 19.3. The van der Waals surface area contributed by atoms with Crippen LogP contribution in [0.5, 0.6) is 0 Å². The van der Waals surface area contributed by atoms with Crippen molar-refractivity contribution in [3.8, 4) is 0 Å². The number of thiazole rings is 1. The monoisotopic (exact) mass is 490 g/mol. The van der Waals surface area contributed by atoms with Crippen molar-refractivity contribution in [1.29, 1.82) is 0 Å². The van der Waals surface area contributed by atoms with Gasteiger partial charge in [-0.1, -0.05) is 20.8 Å². The highest BCUT2D eigenvalue weighted by molar-refractivity contribution is 14.0. The third-order valence-electron chi connectivity index (χ3n) is 5.91. The van der Waals surface area contributed by atoms with Crippen molar-refractivity contribution in [2.24, 2.45) is 16.8 Å². The van der Waals surface area contributed by atoms with Gasteiger partial charge in [0.2, 0.25) is 0 Å². The van der Waals surface area contributed by atoms with Gasteiger partial charge in [0.15, 0.2) is 5.96 Å². The maximum atomic E-state index is 6.08. The number of guanidine groups is 1. The van der Waals surface area contributed by atoms with Crippen LogP contribution in [0.4, 0.5) is 0 Å². The van der Waals surface area contributed by atoms with Crippen molar-refractivity contribution in [3.63, 3.8) is 0 Å². The minimum Gasteiger partial charge on any atom is -0.374 e. The summed E-state index contributed by atoms with van der Waals surface area (Å²) < 4.78 is 6.08. The Hall–Kier alpha value is -0.410. The van der Waals surface area contributed by atoms with Crippen molar-refractivity contribution >= 4 is 41.3 Å². The quantitative estimate of drug-likeness (QED) is 0.402. The van der Waals surface area contributed by atoms with Crippen LogP contribution in [-0.2, 0) is 16.6 Å². The SMILES string of the molecule is CN=C(NCCc1nc(C(C)(C)C)cs1)N1CC2C3CCC(O3)C2C1.I. The van der Waals surface area contributed by atoms with E-state index >= 15 is 0 Å². The molecule has 146 valence electrons. The van der Waals surface area contributed by atoms with Crippen molar-refractivity contribution in [2.45, 2.75) is 57.7 Å². The summed E-state index contributed by atoms with van der Waals surface area (Å²) >= 11 is 1.77. The molecule has 1 aromatic heterocycles. The van der Waals surface area contributed by atoms with Crippen LogP contribution in [0.2, 0.25) is 0 Å². The second kappa shape index (κ2) is 7.91. The summed E-state index contributed by atoms with van der Waals surface area (Å²) in [5.74, 6) is 2.47. The zero-order valence-electron chi connectivity index (χ0n) is 16.2. The van der Waals surface area contributed by atoms with Gasteiger partial charge >= 0.3 is 0 Å². The van der Waals surface area contributed by atoms with E-state index in [1.807, 2.05) is 7.05 Å². The molecule has 2 bridgehead atoms. The van der Waals surface area contributed by atoms with Crippen LogP contribution in [0.3, 0.4) is 0 Å². The predicted octanol–water partition coefficient (Wildman–Crippen LogP) is 3.29. The first-order valence-corrected chi connectivity index (χ1v) is 10.4. The zero-order chi connectivity index (χ0) is 17.6. The Kier molecular flexibility index (Phi) is 6.19. The molecule has 4 atom stereocenters. The standard InChI is InChI=1S/C19H30N4OS.HI/c1-19(2,3)16-11-25-17(22-16)7-8-21-18(20-4)23-9-12-13(10-23)15-6-5-14(12)24-15;/h11-15H,5-10H2,1-4H3,(H,20,21);1H. The molecule has 26 heavy (non-hydrogen) atoms. The maximum absolute atomic E-state index is 6.08. The molecule has 0 amide bonds. The van der Waals surface area contributed by atoms with E-state index in [1.165, 1.54) is 23.5 Å². The molecule has 1 aromatic rings. The molecule has 3 saturated heterocycles. The number of rotatable bonds is 3. The minimum absolute atomic E-state index is 0. The maximum Gasteiger partial charge on any atom is 0.193 e. The van der Waals surface area contributed by atoms with E-state index in [0.29, 0.717) is 24.0 Å². The van der Waals surface area contributed by atoms with Gasteiger partial charge in [-0.15, -0.1) is 35.3 Å². The minimum atomic E-state index is 0. The number of hydrogen-bond acceptors (Lipinski definition) is 4. The van der Waals surface area contributed by atoms with Crippen molar-refractivity contribution in [3.05, 3.63) is 16.1 Å². The number of aliphatic imine (C=N–C) groups is 1. The van der Waals surface area contributed by atoms with Crippen LogP contribution in [0.15, 0.2) is 10.4 Å². The number of fused-ring (bicyclic) bond motifs is 5. The van der Waals surface area contributed by atoms with Gasteiger partial charge in [-0.3, -0.25) is 4.99 Å². The summed E-state index contributed by atoms with van der Waals surface area (Å²) in [6.45, 7) is 9.72. The van der Waals surface area contributed by atoms with Crippen molar-refractivity contribution < 1.29 is 4.74 Å². The molecule has 3 aliphatic rings. The Morgan fingerprint density at radius 1 is 1.31 bits per heavy atom. The molecule has 7 heteroatoms. The topological polar surface area (TPSA) is 49.8 Å². The van der Waals surface area contributed by atoms with Gasteiger partial charge in [0.05, 0.1) is 22.9 Å². The normalized spacial score (nSPS) is 30.5. The molecule has 1 N–H and O–H groups in total. The molecule has 0 saturated carbocycles. The van der Waals surface area contributed by atoms with E-state index in [4.69, 9.17) is 9.72 Å². The fraction of sp³-hybridized carbons (Fsp3) is 0.789. The summed E-state index contributed by atoms with van der Waals surface area (Å²) in [5, 5.41) is 6.95. The summed E-state index contributed by atoms with van der Waals surface area (Å²) in [4.78, 5) is 11.7. The van der Waals surface area contributed by atoms with Gasteiger partial charge in [-0.25, -0.2) is 4.98 Å². The number of likely N-dealkylation sites (tertiary alicyclic amines) is 1. The van der Waals surface area contributed by atoms with E-state index in [1.54, 1.807) is 11.3 Å². The lowest BCUT2D eigenvalue weighted by molar-refractivity contribution is 0.0767. The summed E-state index contributed by atoms with van der Waals surface area (Å²) in [5.41, 5.74) is 1.33. The van der Waals surface area contributed by atoms with Crippen LogP contribution >= 0.6 is 35.3 Å². The second-order valence-corrected chi connectivity index (χ2v) is 9.57. The van der Waals surface area contributed by atoms with Gasteiger partial charge in [0.25, 0.3) is 0 Å². The first-order valence-electron chi connectivity index (χ1n) is 9.51. The molecule has 3 aliphatic heterocycles. The van der Waals surface area contributed by atoms with E-state index in [9.17, 15) is 0 Å². The number of aromatic nitrogens is 1.